The Morgan fingerprint density at radius 1 is 1.30 bits per heavy atom. The Morgan fingerprint density at radius 2 is 2.04 bits per heavy atom. The Labute approximate surface area is 159 Å². The molecule has 0 unspecified atom stereocenters. The molecule has 3 rings (SSSR count). The van der Waals surface area contributed by atoms with Gasteiger partial charge in [0.1, 0.15) is 11.2 Å². The van der Waals surface area contributed by atoms with E-state index in [4.69, 9.17) is 0 Å². The van der Waals surface area contributed by atoms with Gasteiger partial charge in [-0.2, -0.15) is 0 Å². The number of hydrogen-bond acceptors (Lipinski definition) is 6. The fourth-order valence-corrected chi connectivity index (χ4v) is 4.02. The van der Waals surface area contributed by atoms with Crippen LogP contribution in [-0.4, -0.2) is 30.2 Å². The Kier molecular flexibility index (Phi) is 5.03. The van der Waals surface area contributed by atoms with Gasteiger partial charge in [-0.3, -0.25) is 19.7 Å². The molecular weight excluding hydrogens is 388 g/mol. The van der Waals surface area contributed by atoms with Crippen molar-refractivity contribution in [3.8, 4) is 0 Å². The maximum Gasteiger partial charge on any atom is 0.280 e. The minimum Gasteiger partial charge on any atom is -0.283 e. The zero-order valence-electron chi connectivity index (χ0n) is 14.9. The Balaban J connectivity index is 1.91. The first-order valence-electron chi connectivity index (χ1n) is 8.08. The molecule has 1 amide bonds. The Bertz CT molecular complexity index is 1200. The van der Waals surface area contributed by atoms with Crippen LogP contribution >= 0.6 is 11.3 Å². The van der Waals surface area contributed by atoms with Crippen molar-refractivity contribution in [3.63, 3.8) is 0 Å². The summed E-state index contributed by atoms with van der Waals surface area (Å²) in [4.78, 5) is 30.9. The number of nitrogens with zero attached hydrogens (tertiary/aromatic N) is 2. The lowest BCUT2D eigenvalue weighted by atomic mass is 10.1. The van der Waals surface area contributed by atoms with Gasteiger partial charge in [-0.25, -0.2) is 18.1 Å². The number of sulfonamides is 1. The monoisotopic (exact) mass is 406 g/mol. The smallest absolute Gasteiger partial charge is 0.280 e. The molecule has 0 saturated carbocycles. The van der Waals surface area contributed by atoms with Gasteiger partial charge in [0, 0.05) is 10.4 Å². The fraction of sp³-hybridized carbons (Fsp3) is 0.235. The molecule has 1 aromatic carbocycles. The van der Waals surface area contributed by atoms with Crippen LogP contribution in [0.5, 0.6) is 0 Å². The minimum absolute atomic E-state index is 0.207. The number of hydrogen-bond donors (Lipinski definition) is 2. The standard InChI is InChI=1S/C17H18N4O4S2/c1-4-12-8-13-16(26-12)18-9-21(17(13)23)19-15(22)11-6-5-10(2)14(7-11)20-27(3,24)25/h5-9,20H,4H2,1-3H3,(H,19,22). The molecule has 3 aromatic rings. The zero-order chi connectivity index (χ0) is 19.8. The van der Waals surface area contributed by atoms with E-state index in [2.05, 4.69) is 15.1 Å². The van der Waals surface area contributed by atoms with Crippen LogP contribution in [0.25, 0.3) is 10.2 Å². The van der Waals surface area contributed by atoms with Crippen LogP contribution in [0.15, 0.2) is 35.4 Å². The number of nitrogens with one attached hydrogen (secondary N) is 2. The average Bonchev–Trinajstić information content (AvgIpc) is 3.02. The van der Waals surface area contributed by atoms with Crippen LogP contribution in [-0.2, 0) is 16.4 Å². The molecule has 0 spiro atoms. The largest absolute Gasteiger partial charge is 0.283 e. The topological polar surface area (TPSA) is 110 Å². The lowest BCUT2D eigenvalue weighted by Crippen LogP contribution is -2.33. The van der Waals surface area contributed by atoms with Gasteiger partial charge in [-0.05, 0) is 37.1 Å². The molecule has 2 heterocycles. The van der Waals surface area contributed by atoms with E-state index >= 15 is 0 Å². The summed E-state index contributed by atoms with van der Waals surface area (Å²) in [6, 6.07) is 6.37. The molecule has 0 fully saturated rings. The van der Waals surface area contributed by atoms with Crippen molar-refractivity contribution in [2.45, 2.75) is 20.3 Å². The molecular formula is C17H18N4O4S2. The second-order valence-electron chi connectivity index (χ2n) is 6.05. The predicted molar refractivity (Wildman–Crippen MR) is 107 cm³/mol. The van der Waals surface area contributed by atoms with E-state index in [9.17, 15) is 18.0 Å². The molecule has 0 radical (unpaired) electrons. The summed E-state index contributed by atoms with van der Waals surface area (Å²) in [5.41, 5.74) is 3.29. The molecule has 10 heteroatoms. The van der Waals surface area contributed by atoms with Crippen LogP contribution in [0.3, 0.4) is 0 Å². The number of fused-ring (bicyclic) bond motifs is 1. The SMILES string of the molecule is CCc1cc2c(=O)n(NC(=O)c3ccc(C)c(NS(C)(=O)=O)c3)cnc2s1. The van der Waals surface area contributed by atoms with E-state index in [1.165, 1.54) is 23.7 Å². The zero-order valence-corrected chi connectivity index (χ0v) is 16.6. The number of anilines is 1. The molecule has 2 N–H and O–H groups in total. The Morgan fingerprint density at radius 3 is 2.70 bits per heavy atom. The summed E-state index contributed by atoms with van der Waals surface area (Å²) in [5.74, 6) is -0.555. The van der Waals surface area contributed by atoms with Crippen molar-refractivity contribution in [2.24, 2.45) is 0 Å². The van der Waals surface area contributed by atoms with Crippen molar-refractivity contribution in [1.82, 2.24) is 9.66 Å². The summed E-state index contributed by atoms with van der Waals surface area (Å²) in [6.45, 7) is 3.71. The number of aromatic nitrogens is 2. The lowest BCUT2D eigenvalue weighted by Gasteiger charge is -2.11. The predicted octanol–water partition coefficient (Wildman–Crippen LogP) is 2.08. The highest BCUT2D eigenvalue weighted by molar-refractivity contribution is 7.92. The lowest BCUT2D eigenvalue weighted by molar-refractivity contribution is 0.101. The molecule has 0 atom stereocenters. The molecule has 8 nitrogen and oxygen atoms in total. The first-order chi connectivity index (χ1) is 12.7. The summed E-state index contributed by atoms with van der Waals surface area (Å²) in [6.07, 6.45) is 3.10. The van der Waals surface area contributed by atoms with Gasteiger partial charge in [-0.1, -0.05) is 13.0 Å². The molecule has 0 bridgehead atoms. The van der Waals surface area contributed by atoms with Crippen LogP contribution in [0.1, 0.15) is 27.7 Å². The van der Waals surface area contributed by atoms with Crippen LogP contribution in [0.2, 0.25) is 0 Å². The van der Waals surface area contributed by atoms with Gasteiger partial charge >= 0.3 is 0 Å². The molecule has 27 heavy (non-hydrogen) atoms. The third kappa shape index (κ3) is 4.17. The first-order valence-corrected chi connectivity index (χ1v) is 10.8. The minimum atomic E-state index is -3.48. The van der Waals surface area contributed by atoms with Gasteiger partial charge in [-0.15, -0.1) is 11.3 Å². The normalized spacial score (nSPS) is 11.5. The van der Waals surface area contributed by atoms with Gasteiger partial charge in [0.25, 0.3) is 11.5 Å². The van der Waals surface area contributed by atoms with E-state index in [0.29, 0.717) is 21.5 Å². The van der Waals surface area contributed by atoms with E-state index < -0.39 is 15.9 Å². The highest BCUT2D eigenvalue weighted by Crippen LogP contribution is 2.21. The maximum absolute atomic E-state index is 12.6. The van der Waals surface area contributed by atoms with Gasteiger partial charge in [0.05, 0.1) is 17.3 Å². The molecule has 0 saturated heterocycles. The number of carbonyl (C=O) groups is 1. The van der Waals surface area contributed by atoms with E-state index in [0.717, 1.165) is 22.2 Å². The highest BCUT2D eigenvalue weighted by atomic mass is 32.2. The summed E-state index contributed by atoms with van der Waals surface area (Å²) < 4.78 is 26.3. The average molecular weight is 406 g/mol. The van der Waals surface area contributed by atoms with Crippen LogP contribution < -0.4 is 15.7 Å². The quantitative estimate of drug-likeness (QED) is 0.674. The van der Waals surface area contributed by atoms with Gasteiger partial charge < -0.3 is 0 Å². The van der Waals surface area contributed by atoms with Crippen molar-refractivity contribution in [3.05, 3.63) is 57.0 Å². The summed E-state index contributed by atoms with van der Waals surface area (Å²) >= 11 is 1.44. The number of aryl methyl sites for hydroxylation is 2. The van der Waals surface area contributed by atoms with Gasteiger partial charge in [0.2, 0.25) is 10.0 Å². The van der Waals surface area contributed by atoms with Crippen molar-refractivity contribution in [1.29, 1.82) is 0 Å². The number of rotatable bonds is 5. The van der Waals surface area contributed by atoms with Crippen molar-refractivity contribution in [2.75, 3.05) is 16.4 Å². The summed E-state index contributed by atoms with van der Waals surface area (Å²) in [7, 11) is -3.48. The first kappa shape index (κ1) is 19.1. The van der Waals surface area contributed by atoms with Crippen LogP contribution in [0.4, 0.5) is 5.69 Å². The second kappa shape index (κ2) is 7.12. The van der Waals surface area contributed by atoms with E-state index in [1.807, 2.05) is 6.92 Å². The third-order valence-corrected chi connectivity index (χ3v) is 5.65. The van der Waals surface area contributed by atoms with Crippen LogP contribution in [0, 0.1) is 6.92 Å². The number of amides is 1. The maximum atomic E-state index is 12.6. The van der Waals surface area contributed by atoms with Crippen molar-refractivity contribution < 1.29 is 13.2 Å². The number of thiophene rings is 1. The highest BCUT2D eigenvalue weighted by Gasteiger charge is 2.13. The number of carbonyl (C=O) groups excluding carboxylic acids is 1. The third-order valence-electron chi connectivity index (χ3n) is 3.87. The van der Waals surface area contributed by atoms with E-state index in [-0.39, 0.29) is 11.1 Å². The molecule has 0 aliphatic heterocycles. The van der Waals surface area contributed by atoms with E-state index in [1.54, 1.807) is 25.1 Å². The summed E-state index contributed by atoms with van der Waals surface area (Å²) in [5, 5.41) is 0.447. The molecule has 0 aliphatic carbocycles. The Hall–Kier alpha value is -2.72. The van der Waals surface area contributed by atoms with Gasteiger partial charge in [0.15, 0.2) is 0 Å². The second-order valence-corrected chi connectivity index (χ2v) is 8.91. The number of benzene rings is 1. The fourth-order valence-electron chi connectivity index (χ4n) is 2.47. The molecule has 2 aromatic heterocycles. The molecule has 142 valence electrons. The van der Waals surface area contributed by atoms with Crippen molar-refractivity contribution >= 4 is 43.2 Å². The molecule has 0 aliphatic rings.